The Morgan fingerprint density at radius 1 is 1.14 bits per heavy atom. The second-order valence-corrected chi connectivity index (χ2v) is 6.71. The summed E-state index contributed by atoms with van der Waals surface area (Å²) >= 11 is 0. The predicted octanol–water partition coefficient (Wildman–Crippen LogP) is 3.73. The normalized spacial score (nSPS) is 14.2. The van der Waals surface area contributed by atoms with Crippen LogP contribution in [0.15, 0.2) is 63.5 Å². The predicted molar refractivity (Wildman–Crippen MR) is 101 cm³/mol. The van der Waals surface area contributed by atoms with Gasteiger partial charge in [0.1, 0.15) is 11.3 Å². The molecule has 28 heavy (non-hydrogen) atoms. The molecule has 0 spiro atoms. The number of hydrogen-bond acceptors (Lipinski definition) is 6. The number of carbonyl (C=O) groups is 1. The Morgan fingerprint density at radius 2 is 1.93 bits per heavy atom. The first kappa shape index (κ1) is 16.6. The molecule has 0 bridgehead atoms. The van der Waals surface area contributed by atoms with E-state index in [1.165, 1.54) is 0 Å². The van der Waals surface area contributed by atoms with Crippen LogP contribution in [0.1, 0.15) is 22.4 Å². The summed E-state index contributed by atoms with van der Waals surface area (Å²) in [6.45, 7) is 1.03. The van der Waals surface area contributed by atoms with Crippen molar-refractivity contribution >= 4 is 16.9 Å². The topological polar surface area (TPSA) is 81.6 Å². The number of fused-ring (bicyclic) bond motifs is 1. The van der Waals surface area contributed by atoms with Crippen LogP contribution in [-0.2, 0) is 0 Å². The number of aromatic nitrogens is 2. The van der Waals surface area contributed by atoms with Crippen LogP contribution in [0.2, 0.25) is 0 Å². The standard InChI is InChI=1S/C21H17N3O4/c1-26-17-9-5-3-7-15(17)19-22-20(28-23-19)14-11-24(12-14)21(25)18-10-13-6-2-4-8-16(13)27-18/h2-10,14H,11-12H2,1H3. The molecular formula is C21H17N3O4. The summed E-state index contributed by atoms with van der Waals surface area (Å²) in [7, 11) is 1.60. The first-order valence-electron chi connectivity index (χ1n) is 8.98. The number of nitrogens with zero attached hydrogens (tertiary/aromatic N) is 3. The number of likely N-dealkylation sites (tertiary alicyclic amines) is 1. The van der Waals surface area contributed by atoms with Crippen molar-refractivity contribution in [3.05, 3.63) is 66.2 Å². The van der Waals surface area contributed by atoms with Crippen LogP contribution in [0.4, 0.5) is 0 Å². The number of ether oxygens (including phenoxy) is 1. The summed E-state index contributed by atoms with van der Waals surface area (Å²) in [5, 5.41) is 4.98. The van der Waals surface area contributed by atoms with Crippen LogP contribution in [0.5, 0.6) is 5.75 Å². The lowest BCUT2D eigenvalue weighted by molar-refractivity contribution is 0.0539. The highest BCUT2D eigenvalue weighted by Crippen LogP contribution is 2.32. The minimum atomic E-state index is -0.128. The van der Waals surface area contributed by atoms with Gasteiger partial charge in [-0.25, -0.2) is 0 Å². The van der Waals surface area contributed by atoms with Gasteiger partial charge in [0.15, 0.2) is 5.76 Å². The number of rotatable bonds is 4. The van der Waals surface area contributed by atoms with E-state index in [1.54, 1.807) is 18.1 Å². The number of methoxy groups -OCH3 is 1. The van der Waals surface area contributed by atoms with Crippen LogP contribution in [-0.4, -0.2) is 41.1 Å². The largest absolute Gasteiger partial charge is 0.496 e. The number of carbonyl (C=O) groups excluding carboxylic acids is 1. The van der Waals surface area contributed by atoms with E-state index in [-0.39, 0.29) is 11.8 Å². The van der Waals surface area contributed by atoms with Crippen molar-refractivity contribution in [3.63, 3.8) is 0 Å². The minimum absolute atomic E-state index is 0.0179. The fraction of sp³-hybridized carbons (Fsp3) is 0.190. The molecule has 1 amide bonds. The molecule has 3 heterocycles. The maximum absolute atomic E-state index is 12.6. The Bertz CT molecular complexity index is 1120. The number of benzene rings is 2. The van der Waals surface area contributed by atoms with Gasteiger partial charge >= 0.3 is 0 Å². The van der Waals surface area contributed by atoms with Crippen molar-refractivity contribution in [2.75, 3.05) is 20.2 Å². The van der Waals surface area contributed by atoms with Gasteiger partial charge in [-0.1, -0.05) is 35.5 Å². The third-order valence-electron chi connectivity index (χ3n) is 4.94. The number of furan rings is 1. The second-order valence-electron chi connectivity index (χ2n) is 6.71. The van der Waals surface area contributed by atoms with Gasteiger partial charge in [0.25, 0.3) is 5.91 Å². The third kappa shape index (κ3) is 2.72. The van der Waals surface area contributed by atoms with Gasteiger partial charge < -0.3 is 18.6 Å². The monoisotopic (exact) mass is 375 g/mol. The summed E-state index contributed by atoms with van der Waals surface area (Å²) in [6, 6.07) is 16.9. The lowest BCUT2D eigenvalue weighted by atomic mass is 9.99. The Kier molecular flexibility index (Phi) is 3.86. The summed E-state index contributed by atoms with van der Waals surface area (Å²) in [5.41, 5.74) is 1.48. The van der Waals surface area contributed by atoms with Gasteiger partial charge in [0.05, 0.1) is 18.6 Å². The van der Waals surface area contributed by atoms with Crippen molar-refractivity contribution < 1.29 is 18.5 Å². The molecule has 140 valence electrons. The fourth-order valence-electron chi connectivity index (χ4n) is 3.38. The molecule has 1 aliphatic rings. The molecular weight excluding hydrogens is 358 g/mol. The van der Waals surface area contributed by atoms with Crippen LogP contribution < -0.4 is 4.74 Å². The number of para-hydroxylation sites is 2. The zero-order valence-electron chi connectivity index (χ0n) is 15.2. The molecule has 1 aliphatic heterocycles. The van der Waals surface area contributed by atoms with Crippen molar-refractivity contribution in [1.29, 1.82) is 0 Å². The van der Waals surface area contributed by atoms with Crippen LogP contribution >= 0.6 is 0 Å². The molecule has 0 atom stereocenters. The van der Waals surface area contributed by atoms with Crippen molar-refractivity contribution in [3.8, 4) is 17.1 Å². The highest BCUT2D eigenvalue weighted by molar-refractivity contribution is 5.96. The van der Waals surface area contributed by atoms with Gasteiger partial charge in [-0.3, -0.25) is 4.79 Å². The maximum Gasteiger partial charge on any atom is 0.289 e. The van der Waals surface area contributed by atoms with Crippen LogP contribution in [0.3, 0.4) is 0 Å². The average Bonchev–Trinajstić information content (AvgIpc) is 3.34. The minimum Gasteiger partial charge on any atom is -0.496 e. The lowest BCUT2D eigenvalue weighted by Gasteiger charge is -2.36. The Hall–Kier alpha value is -3.61. The Balaban J connectivity index is 1.29. The molecule has 7 heteroatoms. The van der Waals surface area contributed by atoms with Crippen molar-refractivity contribution in [1.82, 2.24) is 15.0 Å². The molecule has 0 aliphatic carbocycles. The molecule has 5 rings (SSSR count). The zero-order chi connectivity index (χ0) is 19.1. The molecule has 1 saturated heterocycles. The first-order chi connectivity index (χ1) is 13.7. The average molecular weight is 375 g/mol. The summed E-state index contributed by atoms with van der Waals surface area (Å²) in [4.78, 5) is 18.8. The van der Waals surface area contributed by atoms with Crippen molar-refractivity contribution in [2.45, 2.75) is 5.92 Å². The van der Waals surface area contributed by atoms with Gasteiger partial charge in [0.2, 0.25) is 11.7 Å². The molecule has 0 saturated carbocycles. The van der Waals surface area contributed by atoms with Crippen LogP contribution in [0.25, 0.3) is 22.4 Å². The van der Waals surface area contributed by atoms with E-state index in [0.717, 1.165) is 10.9 Å². The van der Waals surface area contributed by atoms with E-state index in [1.807, 2.05) is 48.5 Å². The molecule has 0 N–H and O–H groups in total. The van der Waals surface area contributed by atoms with E-state index in [0.29, 0.717) is 41.9 Å². The molecule has 7 nitrogen and oxygen atoms in total. The van der Waals surface area contributed by atoms with E-state index < -0.39 is 0 Å². The fourth-order valence-corrected chi connectivity index (χ4v) is 3.38. The number of amides is 1. The highest BCUT2D eigenvalue weighted by Gasteiger charge is 2.37. The van der Waals surface area contributed by atoms with E-state index in [4.69, 9.17) is 13.7 Å². The second kappa shape index (κ2) is 6.53. The summed E-state index contributed by atoms with van der Waals surface area (Å²) in [5.74, 6) is 1.93. The Labute approximate surface area is 160 Å². The lowest BCUT2D eigenvalue weighted by Crippen LogP contribution is -2.48. The van der Waals surface area contributed by atoms with E-state index in [9.17, 15) is 4.79 Å². The molecule has 0 radical (unpaired) electrons. The van der Waals surface area contributed by atoms with Gasteiger partial charge in [-0.2, -0.15) is 4.98 Å². The van der Waals surface area contributed by atoms with E-state index in [2.05, 4.69) is 10.1 Å². The first-order valence-corrected chi connectivity index (χ1v) is 8.98. The van der Waals surface area contributed by atoms with Crippen LogP contribution in [0, 0.1) is 0 Å². The van der Waals surface area contributed by atoms with Gasteiger partial charge in [-0.05, 0) is 24.3 Å². The highest BCUT2D eigenvalue weighted by atomic mass is 16.5. The molecule has 4 aromatic rings. The summed E-state index contributed by atoms with van der Waals surface area (Å²) in [6.07, 6.45) is 0. The number of hydrogen-bond donors (Lipinski definition) is 0. The quantitative estimate of drug-likeness (QED) is 0.541. The van der Waals surface area contributed by atoms with Gasteiger partial charge in [-0.15, -0.1) is 0 Å². The smallest absolute Gasteiger partial charge is 0.289 e. The molecule has 0 unspecified atom stereocenters. The van der Waals surface area contributed by atoms with Gasteiger partial charge in [0, 0.05) is 18.5 Å². The molecule has 2 aromatic carbocycles. The SMILES string of the molecule is COc1ccccc1-c1noc(C2CN(C(=O)c3cc4ccccc4o3)C2)n1. The zero-order valence-corrected chi connectivity index (χ0v) is 15.2. The summed E-state index contributed by atoms with van der Waals surface area (Å²) < 4.78 is 16.4. The molecule has 1 fully saturated rings. The van der Waals surface area contributed by atoms with Crippen molar-refractivity contribution in [2.24, 2.45) is 0 Å². The Morgan fingerprint density at radius 3 is 2.75 bits per heavy atom. The third-order valence-corrected chi connectivity index (χ3v) is 4.94. The molecule has 2 aromatic heterocycles. The van der Waals surface area contributed by atoms with E-state index >= 15 is 0 Å². The maximum atomic E-state index is 12.6.